The highest BCUT2D eigenvalue weighted by Gasteiger charge is 2.32. The third-order valence-corrected chi connectivity index (χ3v) is 6.40. The Balaban J connectivity index is 1.70. The minimum atomic E-state index is -0.614. The van der Waals surface area contributed by atoms with Gasteiger partial charge in [-0.2, -0.15) is 5.10 Å². The number of nitrogens with zero attached hydrogens (tertiary/aromatic N) is 1. The van der Waals surface area contributed by atoms with Crippen molar-refractivity contribution in [3.63, 3.8) is 0 Å². The number of esters is 1. The van der Waals surface area contributed by atoms with Gasteiger partial charge in [0.2, 0.25) is 0 Å². The first-order chi connectivity index (χ1) is 18.8. The molecule has 0 fully saturated rings. The molecule has 0 radical (unpaired) electrons. The number of ether oxygens (including phenoxy) is 4. The van der Waals surface area contributed by atoms with Crippen molar-refractivity contribution in [1.82, 2.24) is 16.1 Å². The maximum Gasteiger partial charge on any atom is 0.338 e. The zero-order chi connectivity index (χ0) is 28.4. The molecule has 3 rings (SSSR count). The zero-order valence-electron chi connectivity index (χ0n) is 22.1. The highest BCUT2D eigenvalue weighted by molar-refractivity contribution is 14.1. The summed E-state index contributed by atoms with van der Waals surface area (Å²) < 4.78 is 23.3. The lowest BCUT2D eigenvalue weighted by atomic mass is 9.95. The number of halogens is 1. The average Bonchev–Trinajstić information content (AvgIpc) is 2.89. The molecule has 39 heavy (non-hydrogen) atoms. The largest absolute Gasteiger partial charge is 0.490 e. The molecular weight excluding hydrogens is 635 g/mol. The normalized spacial score (nSPS) is 14.9. The van der Waals surface area contributed by atoms with Crippen LogP contribution in [0.25, 0.3) is 0 Å². The highest BCUT2D eigenvalue weighted by Crippen LogP contribution is 2.35. The molecule has 0 unspecified atom stereocenters. The molecule has 0 spiro atoms. The Morgan fingerprint density at radius 2 is 1.82 bits per heavy atom. The van der Waals surface area contributed by atoms with E-state index in [1.54, 1.807) is 38.1 Å². The molecule has 10 nitrogen and oxygen atoms in total. The van der Waals surface area contributed by atoms with Crippen LogP contribution in [0.4, 0.5) is 0 Å². The van der Waals surface area contributed by atoms with Gasteiger partial charge >= 0.3 is 5.97 Å². The van der Waals surface area contributed by atoms with Crippen LogP contribution in [0.1, 0.15) is 44.9 Å². The van der Waals surface area contributed by atoms with E-state index in [4.69, 9.17) is 31.2 Å². The summed E-state index contributed by atoms with van der Waals surface area (Å²) in [5, 5.41) is 10.5. The molecule has 1 aliphatic rings. The molecule has 3 N–H and O–H groups in total. The molecule has 208 valence electrons. The summed E-state index contributed by atoms with van der Waals surface area (Å²) in [6.07, 6.45) is 1.52. The molecule has 1 amide bonds. The molecule has 1 atom stereocenters. The van der Waals surface area contributed by atoms with Gasteiger partial charge in [0.15, 0.2) is 23.2 Å². The number of benzene rings is 2. The van der Waals surface area contributed by atoms with Gasteiger partial charge < -0.3 is 29.6 Å². The van der Waals surface area contributed by atoms with E-state index in [0.29, 0.717) is 52.4 Å². The fraction of sp³-hybridized carbons (Fsp3) is 0.333. The van der Waals surface area contributed by atoms with E-state index in [0.717, 1.165) is 9.13 Å². The molecule has 2 aromatic carbocycles. The molecule has 2 aromatic rings. The van der Waals surface area contributed by atoms with Crippen LogP contribution >= 0.6 is 34.8 Å². The van der Waals surface area contributed by atoms with E-state index in [1.165, 1.54) is 6.21 Å². The summed E-state index contributed by atoms with van der Waals surface area (Å²) >= 11 is 7.48. The number of thiocarbonyl (C=S) groups is 1. The molecular formula is C27H31IN4O6S. The second-order valence-electron chi connectivity index (χ2n) is 8.11. The van der Waals surface area contributed by atoms with Gasteiger partial charge in [-0.1, -0.05) is 18.2 Å². The average molecular weight is 667 g/mol. The topological polar surface area (TPSA) is 120 Å². The number of nitrogens with one attached hydrogen (secondary N) is 3. The van der Waals surface area contributed by atoms with Crippen LogP contribution in [-0.4, -0.2) is 49.6 Å². The predicted molar refractivity (Wildman–Crippen MR) is 160 cm³/mol. The van der Waals surface area contributed by atoms with Crippen molar-refractivity contribution in [2.75, 3.05) is 26.4 Å². The SMILES string of the molecule is CCOC(=O)C1=C(C)NC(=S)N[C@H]1c1ccccc1OCC(=O)NN=Cc1cc(I)c(OCC)c(OCC)c1. The Morgan fingerprint density at radius 1 is 1.08 bits per heavy atom. The lowest BCUT2D eigenvalue weighted by Gasteiger charge is -2.30. The summed E-state index contributed by atoms with van der Waals surface area (Å²) in [5.74, 6) is 0.763. The lowest BCUT2D eigenvalue weighted by Crippen LogP contribution is -2.45. The van der Waals surface area contributed by atoms with E-state index in [9.17, 15) is 9.59 Å². The van der Waals surface area contributed by atoms with Gasteiger partial charge in [-0.3, -0.25) is 4.79 Å². The summed E-state index contributed by atoms with van der Waals surface area (Å²) in [6.45, 7) is 8.23. The summed E-state index contributed by atoms with van der Waals surface area (Å²) in [6, 6.07) is 10.2. The number of hydrazone groups is 1. The van der Waals surface area contributed by atoms with Crippen LogP contribution in [0, 0.1) is 3.57 Å². The fourth-order valence-electron chi connectivity index (χ4n) is 3.82. The maximum atomic E-state index is 12.7. The molecule has 12 heteroatoms. The fourth-order valence-corrected chi connectivity index (χ4v) is 4.87. The summed E-state index contributed by atoms with van der Waals surface area (Å²) in [7, 11) is 0. The van der Waals surface area contributed by atoms with Gasteiger partial charge in [-0.05, 0) is 86.3 Å². The number of allylic oxidation sites excluding steroid dienone is 1. The van der Waals surface area contributed by atoms with Gasteiger partial charge in [0.05, 0.1) is 41.2 Å². The van der Waals surface area contributed by atoms with Crippen molar-refractivity contribution < 1.29 is 28.5 Å². The van der Waals surface area contributed by atoms with Crippen LogP contribution in [-0.2, 0) is 14.3 Å². The first-order valence-electron chi connectivity index (χ1n) is 12.4. The molecule has 1 heterocycles. The number of hydrogen-bond acceptors (Lipinski definition) is 8. The van der Waals surface area contributed by atoms with Gasteiger partial charge in [0.1, 0.15) is 5.75 Å². The van der Waals surface area contributed by atoms with E-state index in [1.807, 2.05) is 26.0 Å². The van der Waals surface area contributed by atoms with Gasteiger partial charge in [0, 0.05) is 11.3 Å². The molecule has 0 aromatic heterocycles. The monoisotopic (exact) mass is 666 g/mol. The lowest BCUT2D eigenvalue weighted by molar-refractivity contribution is -0.139. The van der Waals surface area contributed by atoms with Crippen LogP contribution in [0.15, 0.2) is 52.8 Å². The standard InChI is InChI=1S/C27H31IN4O6S/c1-5-35-21-13-17(12-19(28)25(21)36-6-2)14-29-32-22(33)15-38-20-11-9-8-10-18(20)24-23(26(34)37-7-3)16(4)30-27(39)31-24/h8-14,24H,5-7,15H2,1-4H3,(H,32,33)(H2,30,31,39)/t24-/m0/s1. The van der Waals surface area contributed by atoms with E-state index < -0.39 is 17.9 Å². The van der Waals surface area contributed by atoms with Gasteiger partial charge in [-0.25, -0.2) is 10.2 Å². The molecule has 0 saturated heterocycles. The number of para-hydroxylation sites is 1. The summed E-state index contributed by atoms with van der Waals surface area (Å²) in [5.41, 5.74) is 4.80. The van der Waals surface area contributed by atoms with E-state index in [-0.39, 0.29) is 13.2 Å². The quantitative estimate of drug-likeness (QED) is 0.102. The smallest absolute Gasteiger partial charge is 0.338 e. The van der Waals surface area contributed by atoms with Crippen molar-refractivity contribution in [3.8, 4) is 17.2 Å². The Bertz CT molecular complexity index is 1280. The van der Waals surface area contributed by atoms with Crippen molar-refractivity contribution in [1.29, 1.82) is 0 Å². The van der Waals surface area contributed by atoms with Crippen molar-refractivity contribution >= 4 is 58.0 Å². The van der Waals surface area contributed by atoms with Gasteiger partial charge in [-0.15, -0.1) is 0 Å². The van der Waals surface area contributed by atoms with Crippen molar-refractivity contribution in [3.05, 3.63) is 62.4 Å². The molecule has 1 aliphatic heterocycles. The number of carbonyl (C=O) groups excluding carboxylic acids is 2. The zero-order valence-corrected chi connectivity index (χ0v) is 25.1. The molecule has 0 aliphatic carbocycles. The third-order valence-electron chi connectivity index (χ3n) is 5.38. The maximum absolute atomic E-state index is 12.7. The minimum absolute atomic E-state index is 0.231. The predicted octanol–water partition coefficient (Wildman–Crippen LogP) is 3.97. The van der Waals surface area contributed by atoms with Crippen molar-refractivity contribution in [2.24, 2.45) is 5.10 Å². The Morgan fingerprint density at radius 3 is 2.54 bits per heavy atom. The Kier molecular flexibility index (Phi) is 11.3. The molecule has 0 saturated carbocycles. The Labute approximate surface area is 246 Å². The second kappa shape index (κ2) is 14.7. The Hall–Kier alpha value is -3.39. The molecule has 0 bridgehead atoms. The number of hydrogen-bond donors (Lipinski definition) is 3. The number of rotatable bonds is 12. The van der Waals surface area contributed by atoms with E-state index in [2.05, 4.69) is 43.8 Å². The first-order valence-corrected chi connectivity index (χ1v) is 13.9. The van der Waals surface area contributed by atoms with Gasteiger partial charge in [0.25, 0.3) is 5.91 Å². The number of carbonyl (C=O) groups is 2. The van der Waals surface area contributed by atoms with Crippen LogP contribution in [0.2, 0.25) is 0 Å². The van der Waals surface area contributed by atoms with E-state index >= 15 is 0 Å². The minimum Gasteiger partial charge on any atom is -0.490 e. The third kappa shape index (κ3) is 8.05. The number of amides is 1. The van der Waals surface area contributed by atoms with Crippen molar-refractivity contribution in [2.45, 2.75) is 33.7 Å². The summed E-state index contributed by atoms with van der Waals surface area (Å²) in [4.78, 5) is 25.2. The van der Waals surface area contributed by atoms with Crippen LogP contribution < -0.4 is 30.3 Å². The highest BCUT2D eigenvalue weighted by atomic mass is 127. The first kappa shape index (κ1) is 30.2. The second-order valence-corrected chi connectivity index (χ2v) is 9.68. The van der Waals surface area contributed by atoms with Crippen LogP contribution in [0.3, 0.4) is 0 Å². The van der Waals surface area contributed by atoms with Crippen LogP contribution in [0.5, 0.6) is 17.2 Å².